The van der Waals surface area contributed by atoms with Crippen LogP contribution >= 0.6 is 0 Å². The Morgan fingerprint density at radius 2 is 1.74 bits per heavy atom. The van der Waals surface area contributed by atoms with Crippen molar-refractivity contribution in [2.75, 3.05) is 0 Å². The summed E-state index contributed by atoms with van der Waals surface area (Å²) in [5, 5.41) is 0. The molecule has 0 fully saturated rings. The van der Waals surface area contributed by atoms with Gasteiger partial charge in [-0.3, -0.25) is 14.4 Å². The molecule has 0 saturated heterocycles. The van der Waals surface area contributed by atoms with E-state index >= 15 is 0 Å². The van der Waals surface area contributed by atoms with Gasteiger partial charge in [-0.05, 0) is 81.1 Å². The van der Waals surface area contributed by atoms with E-state index in [1.807, 2.05) is 26.0 Å². The quantitative estimate of drug-likeness (QED) is 0.332. The molecule has 186 valence electrons. The fourth-order valence-corrected chi connectivity index (χ4v) is 6.03. The summed E-state index contributed by atoms with van der Waals surface area (Å²) in [6.45, 7) is 11.9. The molecule has 0 heterocycles. The molecular formula is C32H40O3. The Morgan fingerprint density at radius 3 is 2.34 bits per heavy atom. The van der Waals surface area contributed by atoms with Crippen molar-refractivity contribution in [2.24, 2.45) is 17.8 Å². The van der Waals surface area contributed by atoms with Gasteiger partial charge in [-0.25, -0.2) is 0 Å². The fourth-order valence-electron chi connectivity index (χ4n) is 6.03. The highest BCUT2D eigenvalue weighted by atomic mass is 16.1. The first-order chi connectivity index (χ1) is 16.6. The molecule has 1 aliphatic rings. The van der Waals surface area contributed by atoms with Crippen LogP contribution in [0.25, 0.3) is 11.6 Å². The number of rotatable bonds is 10. The number of Topliss-reactive ketones (excluding diaryl/α,β-unsaturated/α-hetero) is 3. The zero-order valence-electron chi connectivity index (χ0n) is 22.2. The molecule has 3 atom stereocenters. The first-order valence-corrected chi connectivity index (χ1v) is 13.1. The van der Waals surface area contributed by atoms with E-state index in [-0.39, 0.29) is 41.5 Å². The Morgan fingerprint density at radius 1 is 1.06 bits per heavy atom. The molecular weight excluding hydrogens is 432 g/mol. The van der Waals surface area contributed by atoms with Crippen LogP contribution in [-0.4, -0.2) is 17.3 Å². The SMILES string of the molecule is CCCC(CC1CC(=O)c2c(C)cccc2C1=Cc1cc(C)cc(C)c1)C(CC)C(=O)CC(C)=O. The van der Waals surface area contributed by atoms with Gasteiger partial charge >= 0.3 is 0 Å². The number of fused-ring (bicyclic) bond motifs is 1. The van der Waals surface area contributed by atoms with E-state index < -0.39 is 0 Å². The van der Waals surface area contributed by atoms with Gasteiger partial charge in [-0.15, -0.1) is 0 Å². The Kier molecular flexibility index (Phi) is 8.99. The van der Waals surface area contributed by atoms with Gasteiger partial charge in [0.2, 0.25) is 0 Å². The van der Waals surface area contributed by atoms with Crippen LogP contribution < -0.4 is 0 Å². The van der Waals surface area contributed by atoms with E-state index in [0.29, 0.717) is 6.42 Å². The molecule has 0 N–H and O–H groups in total. The van der Waals surface area contributed by atoms with Gasteiger partial charge in [0.25, 0.3) is 0 Å². The topological polar surface area (TPSA) is 51.2 Å². The minimum atomic E-state index is -0.143. The Bertz CT molecular complexity index is 1120. The highest BCUT2D eigenvalue weighted by Crippen LogP contribution is 2.43. The van der Waals surface area contributed by atoms with Crippen LogP contribution in [0.1, 0.15) is 97.5 Å². The van der Waals surface area contributed by atoms with Crippen molar-refractivity contribution >= 4 is 29.0 Å². The van der Waals surface area contributed by atoms with Crippen LogP contribution in [0.15, 0.2) is 36.4 Å². The van der Waals surface area contributed by atoms with Crippen LogP contribution in [0.3, 0.4) is 0 Å². The minimum Gasteiger partial charge on any atom is -0.300 e. The van der Waals surface area contributed by atoms with Gasteiger partial charge in [0.05, 0.1) is 6.42 Å². The van der Waals surface area contributed by atoms with Gasteiger partial charge in [-0.1, -0.05) is 73.9 Å². The van der Waals surface area contributed by atoms with Crippen LogP contribution in [0.2, 0.25) is 0 Å². The van der Waals surface area contributed by atoms with Crippen molar-refractivity contribution in [1.82, 2.24) is 0 Å². The van der Waals surface area contributed by atoms with E-state index in [9.17, 15) is 14.4 Å². The first kappa shape index (κ1) is 26.8. The summed E-state index contributed by atoms with van der Waals surface area (Å²) < 4.78 is 0. The van der Waals surface area contributed by atoms with E-state index in [0.717, 1.165) is 47.9 Å². The largest absolute Gasteiger partial charge is 0.300 e. The van der Waals surface area contributed by atoms with Gasteiger partial charge in [0.1, 0.15) is 11.6 Å². The molecule has 1 aliphatic carbocycles. The third-order valence-corrected chi connectivity index (χ3v) is 7.39. The number of aryl methyl sites for hydroxylation is 3. The molecule has 0 bridgehead atoms. The van der Waals surface area contributed by atoms with Crippen molar-refractivity contribution in [3.05, 3.63) is 69.8 Å². The predicted molar refractivity (Wildman–Crippen MR) is 145 cm³/mol. The lowest BCUT2D eigenvalue weighted by molar-refractivity contribution is -0.129. The average Bonchev–Trinajstić information content (AvgIpc) is 2.75. The summed E-state index contributed by atoms with van der Waals surface area (Å²) >= 11 is 0. The highest BCUT2D eigenvalue weighted by molar-refractivity contribution is 6.07. The molecule has 2 aromatic rings. The fraction of sp³-hybridized carbons (Fsp3) is 0.469. The predicted octanol–water partition coefficient (Wildman–Crippen LogP) is 7.74. The number of hydrogen-bond donors (Lipinski definition) is 0. The van der Waals surface area contributed by atoms with Gasteiger partial charge in [0.15, 0.2) is 5.78 Å². The molecule has 0 spiro atoms. The lowest BCUT2D eigenvalue weighted by Gasteiger charge is -2.33. The average molecular weight is 473 g/mol. The van der Waals surface area contributed by atoms with Crippen molar-refractivity contribution < 1.29 is 14.4 Å². The number of allylic oxidation sites excluding steroid dienone is 1. The lowest BCUT2D eigenvalue weighted by atomic mass is 9.69. The zero-order valence-corrected chi connectivity index (χ0v) is 22.2. The highest BCUT2D eigenvalue weighted by Gasteiger charge is 2.35. The van der Waals surface area contributed by atoms with Crippen LogP contribution in [0, 0.1) is 38.5 Å². The minimum absolute atomic E-state index is 0.00954. The third kappa shape index (κ3) is 6.45. The summed E-state index contributed by atoms with van der Waals surface area (Å²) in [6.07, 6.45) is 6.14. The summed E-state index contributed by atoms with van der Waals surface area (Å²) in [6, 6.07) is 12.7. The Hall–Kier alpha value is -2.81. The third-order valence-electron chi connectivity index (χ3n) is 7.39. The number of carbonyl (C=O) groups excluding carboxylic acids is 3. The summed E-state index contributed by atoms with van der Waals surface area (Å²) in [4.78, 5) is 38.0. The molecule has 3 unspecified atom stereocenters. The van der Waals surface area contributed by atoms with Crippen LogP contribution in [-0.2, 0) is 9.59 Å². The van der Waals surface area contributed by atoms with E-state index in [2.05, 4.69) is 51.1 Å². The maximum Gasteiger partial charge on any atom is 0.164 e. The maximum absolute atomic E-state index is 13.3. The van der Waals surface area contributed by atoms with Gasteiger partial charge < -0.3 is 0 Å². The first-order valence-electron chi connectivity index (χ1n) is 13.1. The monoisotopic (exact) mass is 472 g/mol. The van der Waals surface area contributed by atoms with Gasteiger partial charge in [0, 0.05) is 17.9 Å². The maximum atomic E-state index is 13.3. The van der Waals surface area contributed by atoms with Gasteiger partial charge in [-0.2, -0.15) is 0 Å². The van der Waals surface area contributed by atoms with E-state index in [4.69, 9.17) is 0 Å². The van der Waals surface area contributed by atoms with E-state index in [1.54, 1.807) is 0 Å². The lowest BCUT2D eigenvalue weighted by Crippen LogP contribution is -2.29. The molecule has 0 aromatic heterocycles. The molecule has 0 radical (unpaired) electrons. The molecule has 3 nitrogen and oxygen atoms in total. The van der Waals surface area contributed by atoms with Crippen molar-refractivity contribution in [3.8, 4) is 0 Å². The Labute approximate surface area is 211 Å². The molecule has 3 rings (SSSR count). The summed E-state index contributed by atoms with van der Waals surface area (Å²) in [5.74, 6) is 0.236. The Balaban J connectivity index is 2.08. The van der Waals surface area contributed by atoms with Crippen LogP contribution in [0.4, 0.5) is 0 Å². The van der Waals surface area contributed by atoms with Crippen LogP contribution in [0.5, 0.6) is 0 Å². The molecule has 3 heteroatoms. The summed E-state index contributed by atoms with van der Waals surface area (Å²) in [5.41, 5.74) is 7.67. The molecule has 0 amide bonds. The normalized spacial score (nSPS) is 18.3. The second kappa shape index (κ2) is 11.7. The second-order valence-electron chi connectivity index (χ2n) is 10.5. The number of hydrogen-bond acceptors (Lipinski definition) is 3. The standard InChI is InChI=1S/C32H40O3/c1-7-10-25(27(8-2)30(34)16-23(6)33)18-26-19-31(35)32-22(5)11-9-12-28(32)29(26)17-24-14-20(3)13-21(4)15-24/h9,11-15,17,25-27H,7-8,10,16,18-19H2,1-6H3. The van der Waals surface area contributed by atoms with Crippen molar-refractivity contribution in [3.63, 3.8) is 0 Å². The van der Waals surface area contributed by atoms with Crippen molar-refractivity contribution in [1.29, 1.82) is 0 Å². The molecule has 2 aromatic carbocycles. The zero-order chi connectivity index (χ0) is 25.7. The number of benzene rings is 2. The molecule has 0 aliphatic heterocycles. The smallest absolute Gasteiger partial charge is 0.164 e. The summed E-state index contributed by atoms with van der Waals surface area (Å²) in [7, 11) is 0. The number of carbonyl (C=O) groups is 3. The van der Waals surface area contributed by atoms with E-state index in [1.165, 1.54) is 23.6 Å². The number of ketones is 3. The molecule has 35 heavy (non-hydrogen) atoms. The van der Waals surface area contributed by atoms with Crippen molar-refractivity contribution in [2.45, 2.75) is 80.1 Å². The molecule has 0 saturated carbocycles. The second-order valence-corrected chi connectivity index (χ2v) is 10.5.